The molecule has 0 N–H and O–H groups in total. The van der Waals surface area contributed by atoms with Gasteiger partial charge in [0.25, 0.3) is 0 Å². The van der Waals surface area contributed by atoms with Crippen LogP contribution >= 0.6 is 15.9 Å². The number of para-hydroxylation sites is 1. The number of rotatable bonds is 5. The van der Waals surface area contributed by atoms with Crippen molar-refractivity contribution < 1.29 is 9.47 Å². The van der Waals surface area contributed by atoms with Crippen LogP contribution in [0.25, 0.3) is 0 Å². The summed E-state index contributed by atoms with van der Waals surface area (Å²) in [7, 11) is 1.68. The number of benzene rings is 1. The van der Waals surface area contributed by atoms with Crippen LogP contribution in [0.2, 0.25) is 0 Å². The fraction of sp³-hybridized carbons (Fsp3) is 0.455. The summed E-state index contributed by atoms with van der Waals surface area (Å²) in [5.74, 6) is 0.924. The van der Waals surface area contributed by atoms with Crippen LogP contribution in [0.15, 0.2) is 24.3 Å². The van der Waals surface area contributed by atoms with E-state index in [1.165, 1.54) is 0 Å². The molecule has 0 heterocycles. The van der Waals surface area contributed by atoms with Gasteiger partial charge in [0.05, 0.1) is 6.10 Å². The molecule has 0 bridgehead atoms. The van der Waals surface area contributed by atoms with E-state index in [1.807, 2.05) is 31.2 Å². The molecule has 78 valence electrons. The standard InChI is InChI=1S/C11H15BrO2/c1-9(13-2)8-14-11-6-4-3-5-10(11)7-12/h3-6,9H,7-8H2,1-2H3. The maximum atomic E-state index is 5.63. The monoisotopic (exact) mass is 258 g/mol. The van der Waals surface area contributed by atoms with Gasteiger partial charge in [-0.25, -0.2) is 0 Å². The van der Waals surface area contributed by atoms with Crippen molar-refractivity contribution in [1.29, 1.82) is 0 Å². The molecule has 1 aromatic rings. The highest BCUT2D eigenvalue weighted by atomic mass is 79.9. The van der Waals surface area contributed by atoms with Gasteiger partial charge in [0, 0.05) is 18.0 Å². The summed E-state index contributed by atoms with van der Waals surface area (Å²) in [6.45, 7) is 2.57. The van der Waals surface area contributed by atoms with E-state index in [1.54, 1.807) is 7.11 Å². The van der Waals surface area contributed by atoms with E-state index >= 15 is 0 Å². The first-order chi connectivity index (χ1) is 6.77. The summed E-state index contributed by atoms with van der Waals surface area (Å²) in [6, 6.07) is 7.99. The van der Waals surface area contributed by atoms with Crippen molar-refractivity contribution in [3.05, 3.63) is 29.8 Å². The number of hydrogen-bond donors (Lipinski definition) is 0. The van der Waals surface area contributed by atoms with E-state index in [9.17, 15) is 0 Å². The summed E-state index contributed by atoms with van der Waals surface area (Å²) in [5, 5.41) is 0.810. The Morgan fingerprint density at radius 2 is 2.07 bits per heavy atom. The molecule has 1 rings (SSSR count). The van der Waals surface area contributed by atoms with Gasteiger partial charge in [0.15, 0.2) is 0 Å². The Balaban J connectivity index is 2.57. The molecule has 1 atom stereocenters. The van der Waals surface area contributed by atoms with Crippen LogP contribution in [0.5, 0.6) is 5.75 Å². The highest BCUT2D eigenvalue weighted by Crippen LogP contribution is 2.20. The lowest BCUT2D eigenvalue weighted by Gasteiger charge is -2.13. The van der Waals surface area contributed by atoms with E-state index in [0.29, 0.717) is 6.61 Å². The van der Waals surface area contributed by atoms with E-state index in [4.69, 9.17) is 9.47 Å². The fourth-order valence-electron chi connectivity index (χ4n) is 1.03. The van der Waals surface area contributed by atoms with Crippen molar-refractivity contribution in [2.24, 2.45) is 0 Å². The molecule has 0 aliphatic heterocycles. The van der Waals surface area contributed by atoms with Crippen molar-refractivity contribution in [2.45, 2.75) is 18.4 Å². The molecule has 0 saturated heterocycles. The van der Waals surface area contributed by atoms with Gasteiger partial charge in [-0.2, -0.15) is 0 Å². The minimum atomic E-state index is 0.124. The molecular formula is C11H15BrO2. The summed E-state index contributed by atoms with van der Waals surface area (Å²) in [5.41, 5.74) is 1.16. The van der Waals surface area contributed by atoms with Crippen molar-refractivity contribution in [2.75, 3.05) is 13.7 Å². The zero-order valence-electron chi connectivity index (χ0n) is 8.50. The van der Waals surface area contributed by atoms with Gasteiger partial charge in [0.2, 0.25) is 0 Å². The first-order valence-electron chi connectivity index (χ1n) is 4.57. The lowest BCUT2D eigenvalue weighted by Crippen LogP contribution is -2.16. The van der Waals surface area contributed by atoms with Crippen molar-refractivity contribution in [3.8, 4) is 5.75 Å². The van der Waals surface area contributed by atoms with E-state index in [-0.39, 0.29) is 6.10 Å². The zero-order chi connectivity index (χ0) is 10.4. The number of halogens is 1. The van der Waals surface area contributed by atoms with Gasteiger partial charge in [0.1, 0.15) is 12.4 Å². The van der Waals surface area contributed by atoms with Gasteiger partial charge in [-0.15, -0.1) is 0 Å². The maximum absolute atomic E-state index is 5.63. The van der Waals surface area contributed by atoms with Crippen LogP contribution < -0.4 is 4.74 Å². The zero-order valence-corrected chi connectivity index (χ0v) is 10.1. The second-order valence-corrected chi connectivity index (χ2v) is 3.66. The third-order valence-corrected chi connectivity index (χ3v) is 2.60. The molecule has 1 aromatic carbocycles. The maximum Gasteiger partial charge on any atom is 0.123 e. The number of ether oxygens (including phenoxy) is 2. The van der Waals surface area contributed by atoms with Crippen LogP contribution in [0.3, 0.4) is 0 Å². The third-order valence-electron chi connectivity index (χ3n) is 1.99. The Morgan fingerprint density at radius 3 is 2.71 bits per heavy atom. The van der Waals surface area contributed by atoms with E-state index in [0.717, 1.165) is 16.6 Å². The number of hydrogen-bond acceptors (Lipinski definition) is 2. The molecule has 1 unspecified atom stereocenters. The molecule has 2 nitrogen and oxygen atoms in total. The second-order valence-electron chi connectivity index (χ2n) is 3.10. The Morgan fingerprint density at radius 1 is 1.36 bits per heavy atom. The van der Waals surface area contributed by atoms with E-state index in [2.05, 4.69) is 15.9 Å². The van der Waals surface area contributed by atoms with Gasteiger partial charge in [-0.05, 0) is 13.0 Å². The average Bonchev–Trinajstić information content (AvgIpc) is 2.26. The summed E-state index contributed by atoms with van der Waals surface area (Å²) >= 11 is 3.42. The molecule has 0 aliphatic carbocycles. The van der Waals surface area contributed by atoms with Crippen LogP contribution in [0.4, 0.5) is 0 Å². The largest absolute Gasteiger partial charge is 0.491 e. The van der Waals surface area contributed by atoms with Gasteiger partial charge in [-0.1, -0.05) is 34.1 Å². The predicted molar refractivity (Wildman–Crippen MR) is 61.0 cm³/mol. The fourth-order valence-corrected chi connectivity index (χ4v) is 1.49. The molecule has 0 saturated carbocycles. The van der Waals surface area contributed by atoms with E-state index < -0.39 is 0 Å². The molecule has 0 radical (unpaired) electrons. The van der Waals surface area contributed by atoms with Crippen LogP contribution in [-0.2, 0) is 10.1 Å². The molecule has 3 heteroatoms. The summed E-state index contributed by atoms with van der Waals surface area (Å²) < 4.78 is 10.7. The second kappa shape index (κ2) is 6.04. The smallest absolute Gasteiger partial charge is 0.123 e. The first kappa shape index (κ1) is 11.5. The van der Waals surface area contributed by atoms with Crippen LogP contribution in [0.1, 0.15) is 12.5 Å². The Hall–Kier alpha value is -0.540. The minimum Gasteiger partial charge on any atom is -0.491 e. The van der Waals surface area contributed by atoms with Gasteiger partial charge < -0.3 is 9.47 Å². The molecule has 0 spiro atoms. The van der Waals surface area contributed by atoms with Crippen molar-refractivity contribution in [1.82, 2.24) is 0 Å². The Bertz CT molecular complexity index is 276. The highest BCUT2D eigenvalue weighted by molar-refractivity contribution is 9.08. The summed E-state index contributed by atoms with van der Waals surface area (Å²) in [6.07, 6.45) is 0.124. The average molecular weight is 259 g/mol. The molecule has 0 fully saturated rings. The molecule has 0 amide bonds. The highest BCUT2D eigenvalue weighted by Gasteiger charge is 2.04. The lowest BCUT2D eigenvalue weighted by atomic mass is 10.2. The minimum absolute atomic E-state index is 0.124. The number of methoxy groups -OCH3 is 1. The summed E-state index contributed by atoms with van der Waals surface area (Å²) in [4.78, 5) is 0. The molecule has 0 aliphatic rings. The molecular weight excluding hydrogens is 244 g/mol. The molecule has 0 aromatic heterocycles. The van der Waals surface area contributed by atoms with Crippen molar-refractivity contribution in [3.63, 3.8) is 0 Å². The topological polar surface area (TPSA) is 18.5 Å². The Labute approximate surface area is 93.4 Å². The van der Waals surface area contributed by atoms with Crippen molar-refractivity contribution >= 4 is 15.9 Å². The molecule has 14 heavy (non-hydrogen) atoms. The normalized spacial score (nSPS) is 12.5. The van der Waals surface area contributed by atoms with Gasteiger partial charge in [-0.3, -0.25) is 0 Å². The van der Waals surface area contributed by atoms with Crippen LogP contribution in [-0.4, -0.2) is 19.8 Å². The number of alkyl halides is 1. The SMILES string of the molecule is COC(C)COc1ccccc1CBr. The van der Waals surface area contributed by atoms with Gasteiger partial charge >= 0.3 is 0 Å². The third kappa shape index (κ3) is 3.31. The lowest BCUT2D eigenvalue weighted by molar-refractivity contribution is 0.0714. The Kier molecular flexibility index (Phi) is 4.98. The van der Waals surface area contributed by atoms with Crippen LogP contribution in [0, 0.1) is 0 Å². The quantitative estimate of drug-likeness (QED) is 0.757. The first-order valence-corrected chi connectivity index (χ1v) is 5.69. The predicted octanol–water partition coefficient (Wildman–Crippen LogP) is 3.00.